The minimum atomic E-state index is -0.350. The highest BCUT2D eigenvalue weighted by Crippen LogP contribution is 2.35. The topological polar surface area (TPSA) is 83.7 Å². The van der Waals surface area contributed by atoms with Crippen LogP contribution < -0.4 is 20.3 Å². The molecule has 0 unspecified atom stereocenters. The highest BCUT2D eigenvalue weighted by molar-refractivity contribution is 7.09. The van der Waals surface area contributed by atoms with Gasteiger partial charge in [0.1, 0.15) is 0 Å². The first-order valence-electron chi connectivity index (χ1n) is 9.85. The van der Waals surface area contributed by atoms with E-state index in [2.05, 4.69) is 10.3 Å². The number of pyridine rings is 1. The van der Waals surface area contributed by atoms with E-state index in [4.69, 9.17) is 21.1 Å². The second-order valence-electron chi connectivity index (χ2n) is 7.26. The average molecular weight is 468 g/mol. The Hall–Kier alpha value is -3.49. The third-order valence-corrected chi connectivity index (χ3v) is 6.30. The van der Waals surface area contributed by atoms with Gasteiger partial charge in [0.25, 0.3) is 5.56 Å². The van der Waals surface area contributed by atoms with Gasteiger partial charge >= 0.3 is 6.03 Å². The van der Waals surface area contributed by atoms with Crippen LogP contribution in [0.4, 0.5) is 10.5 Å². The van der Waals surface area contributed by atoms with Crippen LogP contribution in [0.1, 0.15) is 10.4 Å². The van der Waals surface area contributed by atoms with Crippen molar-refractivity contribution in [2.45, 2.75) is 13.1 Å². The van der Waals surface area contributed by atoms with E-state index in [1.54, 1.807) is 52.6 Å². The minimum Gasteiger partial charge on any atom is -0.454 e. The summed E-state index contributed by atoms with van der Waals surface area (Å²) in [5, 5.41) is 6.03. The molecule has 0 spiro atoms. The molecule has 0 aliphatic carbocycles. The Labute approximate surface area is 192 Å². The Balaban J connectivity index is 1.46. The van der Waals surface area contributed by atoms with Gasteiger partial charge in [0.2, 0.25) is 6.79 Å². The third-order valence-electron chi connectivity index (χ3n) is 5.10. The van der Waals surface area contributed by atoms with Crippen LogP contribution in [-0.2, 0) is 13.1 Å². The number of benzene rings is 2. The molecule has 0 bridgehead atoms. The predicted octanol–water partition coefficient (Wildman–Crippen LogP) is 5.21. The van der Waals surface area contributed by atoms with Gasteiger partial charge in [-0.1, -0.05) is 29.8 Å². The number of aromatic nitrogens is 1. The summed E-state index contributed by atoms with van der Waals surface area (Å²) in [7, 11) is 0. The van der Waals surface area contributed by atoms with Gasteiger partial charge in [-0.25, -0.2) is 4.79 Å². The number of carbonyl (C=O) groups is 1. The van der Waals surface area contributed by atoms with Crippen LogP contribution in [0.3, 0.4) is 0 Å². The molecule has 0 radical (unpaired) electrons. The Morgan fingerprint density at radius 3 is 2.69 bits per heavy atom. The zero-order chi connectivity index (χ0) is 22.1. The monoisotopic (exact) mass is 467 g/mol. The summed E-state index contributed by atoms with van der Waals surface area (Å²) < 4.78 is 10.8. The Morgan fingerprint density at radius 2 is 1.91 bits per heavy atom. The molecule has 9 heteroatoms. The lowest BCUT2D eigenvalue weighted by molar-refractivity contribution is 0.174. The van der Waals surface area contributed by atoms with Crippen LogP contribution in [0.2, 0.25) is 5.02 Å². The van der Waals surface area contributed by atoms with Gasteiger partial charge in [-0.05, 0) is 35.7 Å². The van der Waals surface area contributed by atoms with E-state index < -0.39 is 0 Å². The molecule has 2 aromatic carbocycles. The zero-order valence-corrected chi connectivity index (χ0v) is 18.3. The highest BCUT2D eigenvalue weighted by atomic mass is 35.5. The largest absolute Gasteiger partial charge is 0.454 e. The number of nitrogens with zero attached hydrogens (tertiary/aromatic N) is 1. The van der Waals surface area contributed by atoms with E-state index in [0.29, 0.717) is 39.8 Å². The van der Waals surface area contributed by atoms with Crippen molar-refractivity contribution in [2.24, 2.45) is 0 Å². The van der Waals surface area contributed by atoms with Crippen molar-refractivity contribution < 1.29 is 14.3 Å². The molecule has 0 atom stereocenters. The number of hydrogen-bond donors (Lipinski definition) is 2. The number of anilines is 1. The maximum Gasteiger partial charge on any atom is 0.322 e. The molecular formula is C23H18ClN3O4S. The SMILES string of the molecule is O=C(Nc1ccccc1Cl)N(Cc1cccs1)Cc1cc2cc3c(cc2[nH]c1=O)OCO3. The Kier molecular flexibility index (Phi) is 5.46. The average Bonchev–Trinajstić information content (AvgIpc) is 3.45. The Morgan fingerprint density at radius 1 is 1.09 bits per heavy atom. The molecule has 2 aromatic heterocycles. The van der Waals surface area contributed by atoms with Crippen molar-refractivity contribution >= 4 is 45.6 Å². The predicted molar refractivity (Wildman–Crippen MR) is 125 cm³/mol. The summed E-state index contributed by atoms with van der Waals surface area (Å²) in [5.74, 6) is 1.22. The molecule has 1 aliphatic heterocycles. The number of rotatable bonds is 5. The Bertz CT molecular complexity index is 1350. The maximum absolute atomic E-state index is 13.1. The first-order valence-corrected chi connectivity index (χ1v) is 11.1. The standard InChI is InChI=1S/C23H18ClN3O4S/c24-17-5-1-2-6-18(17)26-23(29)27(12-16-4-3-7-32-16)11-15-8-14-9-20-21(31-13-30-20)10-19(14)25-22(15)28/h1-10H,11-13H2,(H,25,28)(H,26,29). The molecule has 0 saturated heterocycles. The fourth-order valence-corrected chi connectivity index (χ4v) is 4.41. The summed E-state index contributed by atoms with van der Waals surface area (Å²) >= 11 is 7.75. The number of halogens is 1. The van der Waals surface area contributed by atoms with Crippen molar-refractivity contribution in [3.63, 3.8) is 0 Å². The number of nitrogens with one attached hydrogen (secondary N) is 2. The normalized spacial score (nSPS) is 12.2. The van der Waals surface area contributed by atoms with Crippen molar-refractivity contribution in [2.75, 3.05) is 12.1 Å². The highest BCUT2D eigenvalue weighted by Gasteiger charge is 2.20. The molecule has 0 fully saturated rings. The zero-order valence-electron chi connectivity index (χ0n) is 16.8. The molecule has 32 heavy (non-hydrogen) atoms. The molecular weight excluding hydrogens is 450 g/mol. The van der Waals surface area contributed by atoms with Gasteiger partial charge < -0.3 is 24.7 Å². The second-order valence-corrected chi connectivity index (χ2v) is 8.70. The molecule has 4 aromatic rings. The second kappa shape index (κ2) is 8.57. The molecule has 7 nitrogen and oxygen atoms in total. The van der Waals surface area contributed by atoms with Crippen LogP contribution >= 0.6 is 22.9 Å². The number of carbonyl (C=O) groups excluding carboxylic acids is 1. The number of H-pyrrole nitrogens is 1. The van der Waals surface area contributed by atoms with Gasteiger partial charge in [0.15, 0.2) is 11.5 Å². The number of hydrogen-bond acceptors (Lipinski definition) is 5. The molecule has 1 aliphatic rings. The van der Waals surface area contributed by atoms with E-state index in [-0.39, 0.29) is 24.9 Å². The first-order chi connectivity index (χ1) is 15.6. The van der Waals surface area contributed by atoms with Crippen LogP contribution in [0.15, 0.2) is 64.8 Å². The number of ether oxygens (including phenoxy) is 2. The quantitative estimate of drug-likeness (QED) is 0.422. The molecule has 2 amide bonds. The van der Waals surface area contributed by atoms with Gasteiger partial charge in [0, 0.05) is 21.9 Å². The fourth-order valence-electron chi connectivity index (χ4n) is 3.51. The molecule has 162 valence electrons. The summed E-state index contributed by atoms with van der Waals surface area (Å²) in [4.78, 5) is 31.4. The maximum atomic E-state index is 13.1. The van der Waals surface area contributed by atoms with Crippen molar-refractivity contribution in [1.82, 2.24) is 9.88 Å². The summed E-state index contributed by atoms with van der Waals surface area (Å²) in [6.07, 6.45) is 0. The fraction of sp³-hybridized carbons (Fsp3) is 0.130. The van der Waals surface area contributed by atoms with Gasteiger partial charge in [0.05, 0.1) is 29.3 Å². The molecule has 5 rings (SSSR count). The van der Waals surface area contributed by atoms with Crippen LogP contribution in [-0.4, -0.2) is 22.7 Å². The number of amides is 2. The number of thiophene rings is 1. The molecule has 0 saturated carbocycles. The number of para-hydroxylation sites is 1. The van der Waals surface area contributed by atoms with E-state index >= 15 is 0 Å². The van der Waals surface area contributed by atoms with E-state index in [1.807, 2.05) is 23.6 Å². The third kappa shape index (κ3) is 4.15. The lowest BCUT2D eigenvalue weighted by Crippen LogP contribution is -2.35. The molecule has 2 N–H and O–H groups in total. The van der Waals surface area contributed by atoms with Crippen molar-refractivity contribution in [1.29, 1.82) is 0 Å². The van der Waals surface area contributed by atoms with Crippen LogP contribution in [0, 0.1) is 0 Å². The number of aromatic amines is 1. The van der Waals surface area contributed by atoms with Crippen molar-refractivity contribution in [3.8, 4) is 11.5 Å². The summed E-state index contributed by atoms with van der Waals surface area (Å²) in [5.41, 5.74) is 1.35. The van der Waals surface area contributed by atoms with Gasteiger partial charge in [-0.3, -0.25) is 4.79 Å². The lowest BCUT2D eigenvalue weighted by Gasteiger charge is -2.23. The first kappa shape index (κ1) is 20.4. The number of urea groups is 1. The lowest BCUT2D eigenvalue weighted by atomic mass is 10.1. The summed E-state index contributed by atoms with van der Waals surface area (Å²) in [6.45, 7) is 0.625. The van der Waals surface area contributed by atoms with E-state index in [9.17, 15) is 9.59 Å². The van der Waals surface area contributed by atoms with Crippen LogP contribution in [0.5, 0.6) is 11.5 Å². The van der Waals surface area contributed by atoms with Crippen molar-refractivity contribution in [3.05, 3.63) is 85.8 Å². The van der Waals surface area contributed by atoms with E-state index in [0.717, 1.165) is 10.3 Å². The number of fused-ring (bicyclic) bond motifs is 2. The van der Waals surface area contributed by atoms with Gasteiger partial charge in [-0.2, -0.15) is 0 Å². The summed E-state index contributed by atoms with van der Waals surface area (Å²) in [6, 6.07) is 15.9. The minimum absolute atomic E-state index is 0.119. The van der Waals surface area contributed by atoms with Gasteiger partial charge in [-0.15, -0.1) is 11.3 Å². The molecule has 3 heterocycles. The van der Waals surface area contributed by atoms with E-state index in [1.165, 1.54) is 0 Å². The smallest absolute Gasteiger partial charge is 0.322 e. The van der Waals surface area contributed by atoms with Crippen LogP contribution in [0.25, 0.3) is 10.9 Å².